The lowest BCUT2D eigenvalue weighted by Crippen LogP contribution is -2.56. The number of unbranched alkanes of at least 4 members (excludes halogenated alkanes) is 1. The highest BCUT2D eigenvalue weighted by Gasteiger charge is 2.57. The normalized spacial score (nSPS) is 19.1. The number of amides is 3. The number of nitrogens with zero attached hydrogens (tertiary/aromatic N) is 3. The molecule has 2 saturated heterocycles. The van der Waals surface area contributed by atoms with Crippen molar-refractivity contribution in [3.63, 3.8) is 0 Å². The average molecular weight is 406 g/mol. The Morgan fingerprint density at radius 1 is 0.833 bits per heavy atom. The molecule has 0 bridgehead atoms. The summed E-state index contributed by atoms with van der Waals surface area (Å²) in [6.07, 6.45) is 3.76. The van der Waals surface area contributed by atoms with Crippen molar-refractivity contribution in [1.29, 1.82) is 0 Å². The van der Waals surface area contributed by atoms with Gasteiger partial charge in [0.2, 0.25) is 0 Å². The molecular formula is C25H31N3O2. The number of carbonyl (C=O) groups excluding carboxylic acids is 2. The zero-order valence-electron chi connectivity index (χ0n) is 17.8. The van der Waals surface area contributed by atoms with Crippen molar-refractivity contribution in [2.45, 2.75) is 51.2 Å². The third-order valence-corrected chi connectivity index (χ3v) is 6.50. The highest BCUT2D eigenvalue weighted by atomic mass is 16.2. The first kappa shape index (κ1) is 20.6. The number of hydrogen-bond acceptors (Lipinski definition) is 3. The first-order valence-corrected chi connectivity index (χ1v) is 11.1. The predicted molar refractivity (Wildman–Crippen MR) is 118 cm³/mol. The van der Waals surface area contributed by atoms with E-state index >= 15 is 0 Å². The van der Waals surface area contributed by atoms with Crippen LogP contribution in [0.2, 0.25) is 0 Å². The molecule has 4 rings (SSSR count). The molecule has 0 saturated carbocycles. The van der Waals surface area contributed by atoms with E-state index in [1.54, 1.807) is 0 Å². The van der Waals surface area contributed by atoms with E-state index in [2.05, 4.69) is 11.8 Å². The molecule has 2 aromatic carbocycles. The molecule has 2 fully saturated rings. The number of piperidine rings is 1. The molecule has 0 unspecified atom stereocenters. The maximum atomic E-state index is 13.7. The van der Waals surface area contributed by atoms with Gasteiger partial charge in [0.1, 0.15) is 5.54 Å². The molecule has 0 atom stereocenters. The Morgan fingerprint density at radius 3 is 1.97 bits per heavy atom. The van der Waals surface area contributed by atoms with Gasteiger partial charge in [0, 0.05) is 19.6 Å². The van der Waals surface area contributed by atoms with Gasteiger partial charge in [-0.05, 0) is 36.9 Å². The van der Waals surface area contributed by atoms with Gasteiger partial charge >= 0.3 is 6.03 Å². The zero-order valence-corrected chi connectivity index (χ0v) is 17.8. The van der Waals surface area contributed by atoms with E-state index < -0.39 is 5.54 Å². The lowest BCUT2D eigenvalue weighted by atomic mass is 9.85. The van der Waals surface area contributed by atoms with Crippen LogP contribution in [0.4, 0.5) is 4.79 Å². The average Bonchev–Trinajstić information content (AvgIpc) is 2.97. The molecule has 2 heterocycles. The minimum absolute atomic E-state index is 0.0255. The van der Waals surface area contributed by atoms with Crippen molar-refractivity contribution in [3.05, 3.63) is 71.8 Å². The number of carbonyl (C=O) groups is 2. The molecule has 2 aliphatic rings. The second-order valence-corrected chi connectivity index (χ2v) is 8.46. The minimum atomic E-state index is -0.718. The highest BCUT2D eigenvalue weighted by molar-refractivity contribution is 6.07. The summed E-state index contributed by atoms with van der Waals surface area (Å²) in [6.45, 7) is 5.82. The van der Waals surface area contributed by atoms with Gasteiger partial charge in [-0.1, -0.05) is 74.0 Å². The fourth-order valence-corrected chi connectivity index (χ4v) is 4.68. The number of likely N-dealkylation sites (tertiary alicyclic amines) is 1. The quantitative estimate of drug-likeness (QED) is 0.646. The van der Waals surface area contributed by atoms with Crippen molar-refractivity contribution in [1.82, 2.24) is 14.7 Å². The van der Waals surface area contributed by atoms with E-state index in [-0.39, 0.29) is 11.9 Å². The summed E-state index contributed by atoms with van der Waals surface area (Å²) in [6, 6.07) is 19.6. The zero-order chi connectivity index (χ0) is 21.0. The first-order valence-electron chi connectivity index (χ1n) is 11.1. The fraction of sp³-hybridized carbons (Fsp3) is 0.440. The molecule has 0 aromatic heterocycles. The molecule has 0 N–H and O–H groups in total. The second-order valence-electron chi connectivity index (χ2n) is 8.46. The Kier molecular flexibility index (Phi) is 6.18. The molecular weight excluding hydrogens is 374 g/mol. The number of hydrogen-bond donors (Lipinski definition) is 0. The summed E-state index contributed by atoms with van der Waals surface area (Å²) < 4.78 is 0. The van der Waals surface area contributed by atoms with Crippen LogP contribution in [0.25, 0.3) is 0 Å². The number of benzene rings is 2. The third-order valence-electron chi connectivity index (χ3n) is 6.50. The molecule has 5 heteroatoms. The number of urea groups is 1. The Bertz CT molecular complexity index is 860. The Hall–Kier alpha value is -2.66. The van der Waals surface area contributed by atoms with Gasteiger partial charge in [-0.25, -0.2) is 4.79 Å². The van der Waals surface area contributed by atoms with Crippen LogP contribution in [0.3, 0.4) is 0 Å². The van der Waals surface area contributed by atoms with E-state index in [9.17, 15) is 9.59 Å². The molecule has 2 aliphatic heterocycles. The van der Waals surface area contributed by atoms with Crippen molar-refractivity contribution < 1.29 is 9.59 Å². The predicted octanol–water partition coefficient (Wildman–Crippen LogP) is 4.29. The van der Waals surface area contributed by atoms with Gasteiger partial charge in [0.15, 0.2) is 0 Å². The van der Waals surface area contributed by atoms with E-state index in [4.69, 9.17) is 0 Å². The molecule has 0 radical (unpaired) electrons. The molecule has 1 spiro atoms. The van der Waals surface area contributed by atoms with Crippen LogP contribution in [-0.2, 0) is 17.9 Å². The van der Waals surface area contributed by atoms with Crippen molar-refractivity contribution >= 4 is 11.9 Å². The van der Waals surface area contributed by atoms with E-state index in [0.717, 1.165) is 30.8 Å². The summed E-state index contributed by atoms with van der Waals surface area (Å²) in [7, 11) is 0. The van der Waals surface area contributed by atoms with Crippen LogP contribution in [0, 0.1) is 0 Å². The highest BCUT2D eigenvalue weighted by Crippen LogP contribution is 2.39. The summed E-state index contributed by atoms with van der Waals surface area (Å²) in [4.78, 5) is 32.9. The third kappa shape index (κ3) is 3.99. The standard InChI is InChI=1S/C25H31N3O2/c1-2-3-16-26-17-14-25(15-18-26)23(29)27(19-21-10-6-4-7-11-21)24(30)28(25)20-22-12-8-5-9-13-22/h4-13H,2-3,14-20H2,1H3. The van der Waals surface area contributed by atoms with E-state index in [1.165, 1.54) is 17.7 Å². The number of imide groups is 1. The van der Waals surface area contributed by atoms with Crippen LogP contribution in [-0.4, -0.2) is 51.8 Å². The second kappa shape index (κ2) is 9.00. The molecule has 2 aromatic rings. The molecule has 3 amide bonds. The van der Waals surface area contributed by atoms with Crippen molar-refractivity contribution in [3.8, 4) is 0 Å². The summed E-state index contributed by atoms with van der Waals surface area (Å²) in [5.41, 5.74) is 1.33. The van der Waals surface area contributed by atoms with Crippen LogP contribution < -0.4 is 0 Å². The lowest BCUT2D eigenvalue weighted by molar-refractivity contribution is -0.136. The van der Waals surface area contributed by atoms with Crippen molar-refractivity contribution in [2.24, 2.45) is 0 Å². The molecule has 5 nitrogen and oxygen atoms in total. The number of rotatable bonds is 7. The van der Waals surface area contributed by atoms with Gasteiger partial charge in [-0.15, -0.1) is 0 Å². The summed E-state index contributed by atoms with van der Waals surface area (Å²) in [5.74, 6) is -0.0255. The Labute approximate surface area is 179 Å². The van der Waals surface area contributed by atoms with Gasteiger partial charge in [-0.2, -0.15) is 0 Å². The SMILES string of the molecule is CCCCN1CCC2(CC1)C(=O)N(Cc1ccccc1)C(=O)N2Cc1ccccc1. The topological polar surface area (TPSA) is 43.9 Å². The minimum Gasteiger partial charge on any atom is -0.305 e. The summed E-state index contributed by atoms with van der Waals surface area (Å²) in [5, 5.41) is 0. The van der Waals surface area contributed by atoms with Crippen molar-refractivity contribution in [2.75, 3.05) is 19.6 Å². The molecule has 158 valence electrons. The van der Waals surface area contributed by atoms with Gasteiger partial charge in [0.25, 0.3) is 5.91 Å². The summed E-state index contributed by atoms with van der Waals surface area (Å²) >= 11 is 0. The fourth-order valence-electron chi connectivity index (χ4n) is 4.68. The molecule has 30 heavy (non-hydrogen) atoms. The Balaban J connectivity index is 1.59. The lowest BCUT2D eigenvalue weighted by Gasteiger charge is -2.42. The maximum absolute atomic E-state index is 13.7. The van der Waals surface area contributed by atoms with Gasteiger partial charge in [-0.3, -0.25) is 9.69 Å². The van der Waals surface area contributed by atoms with Crippen LogP contribution in [0.1, 0.15) is 43.7 Å². The smallest absolute Gasteiger partial charge is 0.305 e. The molecule has 0 aliphatic carbocycles. The van der Waals surface area contributed by atoms with E-state index in [1.807, 2.05) is 65.6 Å². The Morgan fingerprint density at radius 2 is 1.40 bits per heavy atom. The monoisotopic (exact) mass is 405 g/mol. The van der Waals surface area contributed by atoms with Crippen LogP contribution >= 0.6 is 0 Å². The van der Waals surface area contributed by atoms with E-state index in [0.29, 0.717) is 25.9 Å². The largest absolute Gasteiger partial charge is 0.328 e. The van der Waals surface area contributed by atoms with Gasteiger partial charge < -0.3 is 9.80 Å². The van der Waals surface area contributed by atoms with Gasteiger partial charge in [0.05, 0.1) is 6.54 Å². The van der Waals surface area contributed by atoms with Crippen LogP contribution in [0.15, 0.2) is 60.7 Å². The first-order chi connectivity index (χ1) is 14.6. The maximum Gasteiger partial charge on any atom is 0.328 e. The van der Waals surface area contributed by atoms with Crippen LogP contribution in [0.5, 0.6) is 0 Å².